The highest BCUT2D eigenvalue weighted by atomic mass is 16.2. The zero-order chi connectivity index (χ0) is 20.6. The number of benzene rings is 2. The molecule has 5 nitrogen and oxygen atoms in total. The van der Waals surface area contributed by atoms with Gasteiger partial charge in [0.1, 0.15) is 0 Å². The lowest BCUT2D eigenvalue weighted by atomic mass is 9.97. The Balaban J connectivity index is 1.56. The van der Waals surface area contributed by atoms with Gasteiger partial charge in [0.2, 0.25) is 11.8 Å². The predicted molar refractivity (Wildman–Crippen MR) is 116 cm³/mol. The third kappa shape index (κ3) is 6.16. The van der Waals surface area contributed by atoms with Crippen LogP contribution in [0.2, 0.25) is 0 Å². The molecule has 2 aromatic carbocycles. The number of carbonyl (C=O) groups excluding carboxylic acids is 2. The van der Waals surface area contributed by atoms with Gasteiger partial charge in [-0.25, -0.2) is 0 Å². The van der Waals surface area contributed by atoms with Crippen LogP contribution in [0.4, 0.5) is 5.69 Å². The van der Waals surface area contributed by atoms with Crippen molar-refractivity contribution in [1.82, 2.24) is 9.80 Å². The SMILES string of the molecule is CC(C)N(Cc1ccccc1)C(=O)CN1CCCC(C(=O)Nc2ccccc2)C1. The van der Waals surface area contributed by atoms with Gasteiger partial charge in [-0.05, 0) is 50.9 Å². The fourth-order valence-corrected chi connectivity index (χ4v) is 3.80. The van der Waals surface area contributed by atoms with Gasteiger partial charge in [0.25, 0.3) is 0 Å². The van der Waals surface area contributed by atoms with E-state index in [-0.39, 0.29) is 23.8 Å². The van der Waals surface area contributed by atoms with Gasteiger partial charge in [0, 0.05) is 24.8 Å². The van der Waals surface area contributed by atoms with Crippen molar-refractivity contribution in [2.75, 3.05) is 25.0 Å². The number of para-hydroxylation sites is 1. The summed E-state index contributed by atoms with van der Waals surface area (Å²) in [4.78, 5) is 29.7. The summed E-state index contributed by atoms with van der Waals surface area (Å²) in [5.41, 5.74) is 1.95. The number of carbonyl (C=O) groups is 2. The van der Waals surface area contributed by atoms with Crippen molar-refractivity contribution in [2.24, 2.45) is 5.92 Å². The Bertz CT molecular complexity index is 792. The smallest absolute Gasteiger partial charge is 0.237 e. The molecule has 0 saturated carbocycles. The minimum absolute atomic E-state index is 0.0401. The van der Waals surface area contributed by atoms with Gasteiger partial charge in [-0.15, -0.1) is 0 Å². The highest BCUT2D eigenvalue weighted by molar-refractivity contribution is 5.92. The van der Waals surface area contributed by atoms with Crippen LogP contribution >= 0.6 is 0 Å². The number of hydrogen-bond acceptors (Lipinski definition) is 3. The van der Waals surface area contributed by atoms with Crippen LogP contribution in [0.15, 0.2) is 60.7 Å². The molecule has 0 bridgehead atoms. The minimum Gasteiger partial charge on any atom is -0.335 e. The van der Waals surface area contributed by atoms with Crippen molar-refractivity contribution in [2.45, 2.75) is 39.3 Å². The summed E-state index contributed by atoms with van der Waals surface area (Å²) in [5.74, 6) is 0.0738. The van der Waals surface area contributed by atoms with Gasteiger partial charge in [-0.1, -0.05) is 48.5 Å². The predicted octanol–water partition coefficient (Wildman–Crippen LogP) is 3.77. The molecule has 0 spiro atoms. The molecule has 0 aromatic heterocycles. The van der Waals surface area contributed by atoms with E-state index in [4.69, 9.17) is 0 Å². The van der Waals surface area contributed by atoms with E-state index in [0.717, 1.165) is 30.6 Å². The van der Waals surface area contributed by atoms with Crippen LogP contribution in [0.25, 0.3) is 0 Å². The fourth-order valence-electron chi connectivity index (χ4n) is 3.80. The second-order valence-electron chi connectivity index (χ2n) is 8.03. The average Bonchev–Trinajstić information content (AvgIpc) is 2.73. The van der Waals surface area contributed by atoms with E-state index in [2.05, 4.69) is 10.2 Å². The van der Waals surface area contributed by atoms with Gasteiger partial charge >= 0.3 is 0 Å². The number of anilines is 1. The normalized spacial score (nSPS) is 17.1. The molecule has 0 aliphatic carbocycles. The minimum atomic E-state index is -0.0848. The lowest BCUT2D eigenvalue weighted by Gasteiger charge is -2.34. The van der Waals surface area contributed by atoms with E-state index in [0.29, 0.717) is 19.6 Å². The maximum Gasteiger partial charge on any atom is 0.237 e. The highest BCUT2D eigenvalue weighted by Gasteiger charge is 2.28. The van der Waals surface area contributed by atoms with Crippen LogP contribution in [-0.2, 0) is 16.1 Å². The van der Waals surface area contributed by atoms with Gasteiger partial charge < -0.3 is 10.2 Å². The monoisotopic (exact) mass is 393 g/mol. The van der Waals surface area contributed by atoms with Gasteiger partial charge in [0.05, 0.1) is 12.5 Å². The second-order valence-corrected chi connectivity index (χ2v) is 8.03. The van der Waals surface area contributed by atoms with E-state index in [1.807, 2.05) is 79.4 Å². The van der Waals surface area contributed by atoms with Crippen LogP contribution in [0.5, 0.6) is 0 Å². The Labute approximate surface area is 173 Å². The van der Waals surface area contributed by atoms with E-state index in [1.165, 1.54) is 0 Å². The van der Waals surface area contributed by atoms with Crippen molar-refractivity contribution >= 4 is 17.5 Å². The summed E-state index contributed by atoms with van der Waals surface area (Å²) in [6.07, 6.45) is 1.79. The van der Waals surface area contributed by atoms with Crippen molar-refractivity contribution in [1.29, 1.82) is 0 Å². The van der Waals surface area contributed by atoms with Crippen molar-refractivity contribution < 1.29 is 9.59 Å². The average molecular weight is 394 g/mol. The fraction of sp³-hybridized carbons (Fsp3) is 0.417. The first-order valence-corrected chi connectivity index (χ1v) is 10.4. The Kier molecular flexibility index (Phi) is 7.42. The number of piperidine rings is 1. The molecule has 0 radical (unpaired) electrons. The molecule has 1 fully saturated rings. The molecular formula is C24H31N3O2. The van der Waals surface area contributed by atoms with E-state index in [1.54, 1.807) is 0 Å². The topological polar surface area (TPSA) is 52.7 Å². The number of hydrogen-bond donors (Lipinski definition) is 1. The van der Waals surface area contributed by atoms with Crippen molar-refractivity contribution in [3.63, 3.8) is 0 Å². The van der Waals surface area contributed by atoms with Crippen molar-refractivity contribution in [3.05, 3.63) is 66.2 Å². The Morgan fingerprint density at radius 2 is 1.72 bits per heavy atom. The first-order valence-electron chi connectivity index (χ1n) is 10.4. The molecule has 1 aliphatic rings. The molecular weight excluding hydrogens is 362 g/mol. The zero-order valence-electron chi connectivity index (χ0n) is 17.4. The summed E-state index contributed by atoms with van der Waals surface area (Å²) in [6, 6.07) is 19.8. The maximum atomic E-state index is 13.0. The molecule has 3 rings (SSSR count). The standard InChI is InChI=1S/C24H31N3O2/c1-19(2)27(16-20-10-5-3-6-11-20)23(28)18-26-15-9-12-21(17-26)24(29)25-22-13-7-4-8-14-22/h3-8,10-11,13-14,19,21H,9,12,15-18H2,1-2H3,(H,25,29). The molecule has 1 unspecified atom stereocenters. The summed E-state index contributed by atoms with van der Waals surface area (Å²) in [6.45, 7) is 6.56. The Hall–Kier alpha value is -2.66. The van der Waals surface area contributed by atoms with Crippen LogP contribution < -0.4 is 5.32 Å². The van der Waals surface area contributed by atoms with Gasteiger partial charge in [0.15, 0.2) is 0 Å². The first kappa shape index (κ1) is 21.1. The van der Waals surface area contributed by atoms with Crippen LogP contribution in [0.1, 0.15) is 32.3 Å². The molecule has 1 N–H and O–H groups in total. The Morgan fingerprint density at radius 3 is 2.38 bits per heavy atom. The molecule has 154 valence electrons. The molecule has 1 saturated heterocycles. The number of likely N-dealkylation sites (tertiary alicyclic amines) is 1. The third-order valence-corrected chi connectivity index (χ3v) is 5.42. The molecule has 1 heterocycles. The third-order valence-electron chi connectivity index (χ3n) is 5.42. The second kappa shape index (κ2) is 10.2. The van der Waals surface area contributed by atoms with Crippen LogP contribution in [0.3, 0.4) is 0 Å². The summed E-state index contributed by atoms with van der Waals surface area (Å²) >= 11 is 0. The molecule has 1 atom stereocenters. The molecule has 1 aliphatic heterocycles. The Morgan fingerprint density at radius 1 is 1.07 bits per heavy atom. The van der Waals surface area contributed by atoms with E-state index >= 15 is 0 Å². The first-order chi connectivity index (χ1) is 14.0. The summed E-state index contributed by atoms with van der Waals surface area (Å²) in [7, 11) is 0. The van der Waals surface area contributed by atoms with Crippen LogP contribution in [0, 0.1) is 5.92 Å². The molecule has 5 heteroatoms. The molecule has 2 amide bonds. The largest absolute Gasteiger partial charge is 0.335 e. The van der Waals surface area contributed by atoms with Gasteiger partial charge in [-0.2, -0.15) is 0 Å². The zero-order valence-corrected chi connectivity index (χ0v) is 17.4. The van der Waals surface area contributed by atoms with Crippen LogP contribution in [-0.4, -0.2) is 47.3 Å². The number of nitrogens with zero attached hydrogens (tertiary/aromatic N) is 2. The molecule has 2 aromatic rings. The van der Waals surface area contributed by atoms with E-state index in [9.17, 15) is 9.59 Å². The lowest BCUT2D eigenvalue weighted by Crippen LogP contribution is -2.47. The van der Waals surface area contributed by atoms with Crippen molar-refractivity contribution in [3.8, 4) is 0 Å². The summed E-state index contributed by atoms with van der Waals surface area (Å²) < 4.78 is 0. The highest BCUT2D eigenvalue weighted by Crippen LogP contribution is 2.19. The number of rotatable bonds is 7. The van der Waals surface area contributed by atoms with Gasteiger partial charge in [-0.3, -0.25) is 14.5 Å². The number of nitrogens with one attached hydrogen (secondary N) is 1. The maximum absolute atomic E-state index is 13.0. The van der Waals surface area contributed by atoms with E-state index < -0.39 is 0 Å². The lowest BCUT2D eigenvalue weighted by molar-refractivity contribution is -0.136. The number of amides is 2. The summed E-state index contributed by atoms with van der Waals surface area (Å²) in [5, 5.41) is 3.00. The quantitative estimate of drug-likeness (QED) is 0.779. The molecule has 29 heavy (non-hydrogen) atoms.